The molecule has 0 aromatic carbocycles. The molecule has 0 aromatic rings. The van der Waals surface area contributed by atoms with Gasteiger partial charge in [0, 0.05) is 0 Å². The van der Waals surface area contributed by atoms with Crippen LogP contribution in [0.1, 0.15) is 20.3 Å². The largest absolute Gasteiger partial charge is 0.481 e. The highest BCUT2D eigenvalue weighted by molar-refractivity contribution is 5.75. The molecule has 0 rings (SSSR count). The third-order valence-corrected chi connectivity index (χ3v) is 2.01. The molecule has 76 valence electrons. The molecule has 0 saturated heterocycles. The second-order valence-electron chi connectivity index (χ2n) is 3.37. The fourth-order valence-corrected chi connectivity index (χ4v) is 1.16. The standard InChI is InChI=1S/C8H15NO4/c1-4(2)5(3-6(10)11)7(9)8(12)13/h4-5,7H,3,9H2,1-2H3,(H,10,11)(H,12,13)/t5-,7+/m0/s1. The van der Waals surface area contributed by atoms with Gasteiger partial charge in [-0.25, -0.2) is 0 Å². The van der Waals surface area contributed by atoms with Crippen LogP contribution in [-0.4, -0.2) is 28.2 Å². The van der Waals surface area contributed by atoms with Crippen LogP contribution in [0.15, 0.2) is 0 Å². The van der Waals surface area contributed by atoms with Crippen LogP contribution < -0.4 is 5.73 Å². The quantitative estimate of drug-likeness (QED) is 0.571. The Morgan fingerprint density at radius 3 is 2.00 bits per heavy atom. The highest BCUT2D eigenvalue weighted by Gasteiger charge is 2.28. The van der Waals surface area contributed by atoms with Gasteiger partial charge in [-0.3, -0.25) is 9.59 Å². The zero-order valence-electron chi connectivity index (χ0n) is 7.73. The maximum atomic E-state index is 10.5. The average molecular weight is 189 g/mol. The Labute approximate surface area is 76.5 Å². The summed E-state index contributed by atoms with van der Waals surface area (Å²) in [7, 11) is 0. The van der Waals surface area contributed by atoms with E-state index in [1.165, 1.54) is 0 Å². The number of hydrogen-bond acceptors (Lipinski definition) is 3. The number of carboxylic acid groups (broad SMARTS) is 2. The highest BCUT2D eigenvalue weighted by atomic mass is 16.4. The summed E-state index contributed by atoms with van der Waals surface area (Å²) in [5.74, 6) is -2.74. The smallest absolute Gasteiger partial charge is 0.320 e. The van der Waals surface area contributed by atoms with E-state index in [4.69, 9.17) is 15.9 Å². The van der Waals surface area contributed by atoms with E-state index in [2.05, 4.69) is 0 Å². The van der Waals surface area contributed by atoms with Crippen LogP contribution in [0.4, 0.5) is 0 Å². The topological polar surface area (TPSA) is 101 Å². The normalized spacial score (nSPS) is 15.4. The van der Waals surface area contributed by atoms with Gasteiger partial charge in [-0.2, -0.15) is 0 Å². The number of carbonyl (C=O) groups is 2. The number of nitrogens with two attached hydrogens (primary N) is 1. The minimum absolute atomic E-state index is 0.0535. The van der Waals surface area contributed by atoms with Gasteiger partial charge in [-0.05, 0) is 11.8 Å². The molecule has 2 atom stereocenters. The van der Waals surface area contributed by atoms with E-state index in [1.54, 1.807) is 13.8 Å². The molecule has 0 radical (unpaired) electrons. The van der Waals surface area contributed by atoms with Crippen molar-refractivity contribution in [3.05, 3.63) is 0 Å². The van der Waals surface area contributed by atoms with Gasteiger partial charge in [0.1, 0.15) is 6.04 Å². The molecule has 4 N–H and O–H groups in total. The van der Waals surface area contributed by atoms with E-state index in [1.807, 2.05) is 0 Å². The summed E-state index contributed by atoms with van der Waals surface area (Å²) < 4.78 is 0. The summed E-state index contributed by atoms with van der Waals surface area (Å²) >= 11 is 0. The van der Waals surface area contributed by atoms with Gasteiger partial charge < -0.3 is 15.9 Å². The fourth-order valence-electron chi connectivity index (χ4n) is 1.16. The van der Waals surface area contributed by atoms with E-state index in [-0.39, 0.29) is 12.3 Å². The number of hydrogen-bond donors (Lipinski definition) is 3. The molecule has 0 saturated carbocycles. The van der Waals surface area contributed by atoms with Crippen molar-refractivity contribution in [3.63, 3.8) is 0 Å². The monoisotopic (exact) mass is 189 g/mol. The Morgan fingerprint density at radius 2 is 1.77 bits per heavy atom. The molecule has 5 nitrogen and oxygen atoms in total. The molecule has 0 fully saturated rings. The van der Waals surface area contributed by atoms with Crippen molar-refractivity contribution in [3.8, 4) is 0 Å². The first-order chi connectivity index (χ1) is 5.86. The van der Waals surface area contributed by atoms with Gasteiger partial charge in [-0.15, -0.1) is 0 Å². The predicted octanol–water partition coefficient (Wildman–Crippen LogP) is 0.145. The Hall–Kier alpha value is -1.10. The minimum atomic E-state index is -1.15. The molecular weight excluding hydrogens is 174 g/mol. The fraction of sp³-hybridized carbons (Fsp3) is 0.750. The summed E-state index contributed by atoms with van der Waals surface area (Å²) in [6, 6.07) is -1.10. The van der Waals surface area contributed by atoms with Crippen molar-refractivity contribution in [2.45, 2.75) is 26.3 Å². The molecular formula is C8H15NO4. The Kier molecular flexibility index (Phi) is 4.40. The molecule has 0 aliphatic carbocycles. The van der Waals surface area contributed by atoms with Crippen molar-refractivity contribution >= 4 is 11.9 Å². The average Bonchev–Trinajstić information content (AvgIpc) is 1.97. The van der Waals surface area contributed by atoms with E-state index in [0.717, 1.165) is 0 Å². The van der Waals surface area contributed by atoms with Crippen molar-refractivity contribution in [1.29, 1.82) is 0 Å². The van der Waals surface area contributed by atoms with Gasteiger partial charge in [-0.1, -0.05) is 13.8 Å². The summed E-state index contributed by atoms with van der Waals surface area (Å²) in [5, 5.41) is 17.1. The Bertz CT molecular complexity index is 202. The minimum Gasteiger partial charge on any atom is -0.481 e. The summed E-state index contributed by atoms with van der Waals surface area (Å²) in [5.41, 5.74) is 5.35. The molecule has 0 heterocycles. The van der Waals surface area contributed by atoms with Gasteiger partial charge in [0.25, 0.3) is 0 Å². The van der Waals surface area contributed by atoms with Crippen molar-refractivity contribution in [2.24, 2.45) is 17.6 Å². The van der Waals surface area contributed by atoms with E-state index in [9.17, 15) is 9.59 Å². The lowest BCUT2D eigenvalue weighted by molar-refractivity contribution is -0.142. The lowest BCUT2D eigenvalue weighted by atomic mass is 9.86. The van der Waals surface area contributed by atoms with Crippen LogP contribution in [0.2, 0.25) is 0 Å². The van der Waals surface area contributed by atoms with Crippen molar-refractivity contribution in [1.82, 2.24) is 0 Å². The van der Waals surface area contributed by atoms with Crippen LogP contribution in [0.25, 0.3) is 0 Å². The first-order valence-corrected chi connectivity index (χ1v) is 4.06. The highest BCUT2D eigenvalue weighted by Crippen LogP contribution is 2.18. The van der Waals surface area contributed by atoms with Gasteiger partial charge >= 0.3 is 11.9 Å². The molecule has 0 amide bonds. The van der Waals surface area contributed by atoms with Gasteiger partial charge in [0.15, 0.2) is 0 Å². The molecule has 13 heavy (non-hydrogen) atoms. The third kappa shape index (κ3) is 3.89. The maximum Gasteiger partial charge on any atom is 0.320 e. The zero-order chi connectivity index (χ0) is 10.6. The second-order valence-corrected chi connectivity index (χ2v) is 3.37. The second kappa shape index (κ2) is 4.81. The van der Waals surface area contributed by atoms with Gasteiger partial charge in [0.05, 0.1) is 6.42 Å². The summed E-state index contributed by atoms with van der Waals surface area (Å²) in [4.78, 5) is 20.9. The number of rotatable bonds is 5. The van der Waals surface area contributed by atoms with Crippen LogP contribution in [0, 0.1) is 11.8 Å². The van der Waals surface area contributed by atoms with E-state index in [0.29, 0.717) is 0 Å². The lowest BCUT2D eigenvalue weighted by Gasteiger charge is -2.22. The summed E-state index contributed by atoms with van der Waals surface area (Å²) in [6.45, 7) is 3.52. The molecule has 0 unspecified atom stereocenters. The van der Waals surface area contributed by atoms with Crippen LogP contribution in [-0.2, 0) is 9.59 Å². The molecule has 0 aliphatic heterocycles. The molecule has 0 aromatic heterocycles. The third-order valence-electron chi connectivity index (χ3n) is 2.01. The van der Waals surface area contributed by atoms with Crippen LogP contribution in [0.3, 0.4) is 0 Å². The molecule has 0 aliphatic rings. The van der Waals surface area contributed by atoms with Gasteiger partial charge in [0.2, 0.25) is 0 Å². The SMILES string of the molecule is CC(C)[C@H](CC(=O)O)[C@@H](N)C(=O)O. The predicted molar refractivity (Wildman–Crippen MR) is 46.2 cm³/mol. The Balaban J connectivity index is 4.41. The van der Waals surface area contributed by atoms with Crippen molar-refractivity contribution in [2.75, 3.05) is 0 Å². The zero-order valence-corrected chi connectivity index (χ0v) is 7.73. The summed E-state index contributed by atoms with van der Waals surface area (Å²) in [6.07, 6.45) is -0.203. The number of carboxylic acids is 2. The lowest BCUT2D eigenvalue weighted by Crippen LogP contribution is -2.41. The van der Waals surface area contributed by atoms with E-state index >= 15 is 0 Å². The number of aliphatic carboxylic acids is 2. The molecule has 0 bridgehead atoms. The first-order valence-electron chi connectivity index (χ1n) is 4.06. The van der Waals surface area contributed by atoms with E-state index < -0.39 is 23.9 Å². The van der Waals surface area contributed by atoms with Crippen LogP contribution in [0.5, 0.6) is 0 Å². The van der Waals surface area contributed by atoms with Crippen LogP contribution >= 0.6 is 0 Å². The molecule has 5 heteroatoms. The van der Waals surface area contributed by atoms with Crippen molar-refractivity contribution < 1.29 is 19.8 Å². The molecule has 0 spiro atoms. The maximum absolute atomic E-state index is 10.5. The Morgan fingerprint density at radius 1 is 1.31 bits per heavy atom. The first kappa shape index (κ1) is 11.9.